The zero-order chi connectivity index (χ0) is 29.2. The van der Waals surface area contributed by atoms with E-state index in [4.69, 9.17) is 4.74 Å². The van der Waals surface area contributed by atoms with Crippen molar-refractivity contribution >= 4 is 23.7 Å². The van der Waals surface area contributed by atoms with Crippen molar-refractivity contribution in [3.63, 3.8) is 0 Å². The van der Waals surface area contributed by atoms with E-state index in [1.54, 1.807) is 19.1 Å². The molecule has 2 aromatic carbocycles. The number of likely N-dealkylation sites (N-methyl/N-ethyl adjacent to an activating group) is 1. The second-order valence-electron chi connectivity index (χ2n) is 10.7. The molecule has 5 atom stereocenters. The fourth-order valence-corrected chi connectivity index (χ4v) is 4.86. The van der Waals surface area contributed by atoms with Gasteiger partial charge in [-0.2, -0.15) is 0 Å². The molecule has 40 heavy (non-hydrogen) atoms. The predicted molar refractivity (Wildman–Crippen MR) is 151 cm³/mol. The molecule has 1 heterocycles. The van der Waals surface area contributed by atoms with Gasteiger partial charge in [0.1, 0.15) is 30.0 Å². The second kappa shape index (κ2) is 14.5. The molecule has 9 heteroatoms. The van der Waals surface area contributed by atoms with Crippen LogP contribution in [-0.2, 0) is 36.8 Å². The molecule has 9 nitrogen and oxygen atoms in total. The SMILES string of the molecule is CCCC[C@H](C)[C@H]1CC(=O)N[C@@H](Cc2ccccc2)C(=O)N[C@@H](C)C(=O)N(C)[C@@H](Cc2ccc(O)cc2)C(=O)O1. The zero-order valence-electron chi connectivity index (χ0n) is 23.8. The molecule has 1 saturated heterocycles. The smallest absolute Gasteiger partial charge is 0.329 e. The normalized spacial score (nSPS) is 23.6. The minimum absolute atomic E-state index is 0.0860. The fourth-order valence-electron chi connectivity index (χ4n) is 4.86. The van der Waals surface area contributed by atoms with E-state index in [0.717, 1.165) is 30.4 Å². The van der Waals surface area contributed by atoms with Crippen LogP contribution in [0.15, 0.2) is 54.6 Å². The molecule has 3 amide bonds. The number of nitrogens with zero attached hydrogens (tertiary/aromatic N) is 1. The lowest BCUT2D eigenvalue weighted by atomic mass is 9.95. The van der Waals surface area contributed by atoms with Gasteiger partial charge >= 0.3 is 5.97 Å². The highest BCUT2D eigenvalue weighted by Gasteiger charge is 2.36. The average Bonchev–Trinajstić information content (AvgIpc) is 2.94. The van der Waals surface area contributed by atoms with Gasteiger partial charge in [-0.3, -0.25) is 14.4 Å². The molecule has 0 unspecified atom stereocenters. The van der Waals surface area contributed by atoms with Crippen molar-refractivity contribution in [2.75, 3.05) is 7.05 Å². The molecular formula is C31H41N3O6. The third-order valence-electron chi connectivity index (χ3n) is 7.42. The quantitative estimate of drug-likeness (QED) is 0.433. The van der Waals surface area contributed by atoms with Gasteiger partial charge in [-0.15, -0.1) is 0 Å². The van der Waals surface area contributed by atoms with Gasteiger partial charge < -0.3 is 25.4 Å². The number of cyclic esters (lactones) is 1. The van der Waals surface area contributed by atoms with Crippen LogP contribution in [0.3, 0.4) is 0 Å². The van der Waals surface area contributed by atoms with Crippen LogP contribution >= 0.6 is 0 Å². The molecule has 0 saturated carbocycles. The highest BCUT2D eigenvalue weighted by Crippen LogP contribution is 2.22. The van der Waals surface area contributed by atoms with E-state index >= 15 is 0 Å². The van der Waals surface area contributed by atoms with Crippen molar-refractivity contribution in [2.24, 2.45) is 5.92 Å². The molecule has 1 aliphatic rings. The molecule has 0 bridgehead atoms. The van der Waals surface area contributed by atoms with Crippen molar-refractivity contribution in [3.8, 4) is 5.75 Å². The number of hydrogen-bond acceptors (Lipinski definition) is 6. The Labute approximate surface area is 236 Å². The Hall–Kier alpha value is -3.88. The molecule has 3 rings (SSSR count). The van der Waals surface area contributed by atoms with Crippen LogP contribution in [0.4, 0.5) is 0 Å². The molecule has 1 fully saturated rings. The summed E-state index contributed by atoms with van der Waals surface area (Å²) in [4.78, 5) is 55.0. The van der Waals surface area contributed by atoms with Gasteiger partial charge in [0.2, 0.25) is 17.7 Å². The maximum Gasteiger partial charge on any atom is 0.329 e. The predicted octanol–water partition coefficient (Wildman–Crippen LogP) is 3.14. The standard InChI is InChI=1S/C31H41N3O6/c1-5-6-10-20(2)27-19-28(36)33-25(17-22-11-8-7-9-12-22)29(37)32-21(3)30(38)34(4)26(31(39)40-27)18-23-13-15-24(35)16-14-23/h7-9,11-16,20-21,25-27,35H,5-6,10,17-19H2,1-4H3,(H,32,37)(H,33,36)/t20-,21-,25-,26-,27+/m0/s1. The molecule has 3 N–H and O–H groups in total. The molecular weight excluding hydrogens is 510 g/mol. The Morgan fingerprint density at radius 2 is 1.62 bits per heavy atom. The molecule has 0 aliphatic carbocycles. The molecule has 0 radical (unpaired) electrons. The third-order valence-corrected chi connectivity index (χ3v) is 7.42. The lowest BCUT2D eigenvalue weighted by Gasteiger charge is -2.31. The molecule has 0 aromatic heterocycles. The number of nitrogens with one attached hydrogen (secondary N) is 2. The van der Waals surface area contributed by atoms with Crippen molar-refractivity contribution in [1.82, 2.24) is 15.5 Å². The van der Waals surface area contributed by atoms with Crippen LogP contribution in [0.5, 0.6) is 5.75 Å². The minimum atomic E-state index is -0.999. The summed E-state index contributed by atoms with van der Waals surface area (Å²) in [5, 5.41) is 15.2. The van der Waals surface area contributed by atoms with E-state index in [1.165, 1.54) is 24.1 Å². The van der Waals surface area contributed by atoms with Crippen molar-refractivity contribution < 1.29 is 29.0 Å². The topological polar surface area (TPSA) is 125 Å². The highest BCUT2D eigenvalue weighted by atomic mass is 16.5. The Balaban J connectivity index is 1.96. The van der Waals surface area contributed by atoms with Crippen LogP contribution in [0.2, 0.25) is 0 Å². The second-order valence-corrected chi connectivity index (χ2v) is 10.7. The summed E-state index contributed by atoms with van der Waals surface area (Å²) in [6.07, 6.45) is 2.16. The van der Waals surface area contributed by atoms with E-state index in [0.29, 0.717) is 0 Å². The molecule has 2 aromatic rings. The minimum Gasteiger partial charge on any atom is -0.508 e. The number of hydrogen-bond donors (Lipinski definition) is 3. The number of phenols is 1. The zero-order valence-corrected chi connectivity index (χ0v) is 23.8. The molecule has 1 aliphatic heterocycles. The number of phenolic OH excluding ortho intramolecular Hbond substituents is 1. The van der Waals surface area contributed by atoms with Gasteiger partial charge in [-0.1, -0.05) is 69.2 Å². The van der Waals surface area contributed by atoms with E-state index in [-0.39, 0.29) is 30.9 Å². The Bertz CT molecular complexity index is 1150. The van der Waals surface area contributed by atoms with Crippen molar-refractivity contribution in [1.29, 1.82) is 0 Å². The van der Waals surface area contributed by atoms with Crippen LogP contribution < -0.4 is 10.6 Å². The number of ether oxygens (including phenoxy) is 1. The van der Waals surface area contributed by atoms with E-state index in [2.05, 4.69) is 17.6 Å². The monoisotopic (exact) mass is 551 g/mol. The van der Waals surface area contributed by atoms with Gasteiger partial charge in [0.15, 0.2) is 0 Å². The van der Waals surface area contributed by atoms with Gasteiger partial charge in [0.25, 0.3) is 0 Å². The molecule has 216 valence electrons. The van der Waals surface area contributed by atoms with E-state index < -0.39 is 47.9 Å². The maximum absolute atomic E-state index is 13.6. The summed E-state index contributed by atoms with van der Waals surface area (Å²) in [7, 11) is 1.51. The number of unbranched alkanes of at least 4 members (excludes halogenated alkanes) is 1. The Morgan fingerprint density at radius 1 is 0.975 bits per heavy atom. The number of carbonyl (C=O) groups is 4. The van der Waals surface area contributed by atoms with Gasteiger partial charge in [0.05, 0.1) is 6.42 Å². The van der Waals surface area contributed by atoms with Crippen LogP contribution in [0.25, 0.3) is 0 Å². The highest BCUT2D eigenvalue weighted by molar-refractivity contribution is 5.94. The Kier molecular flexibility index (Phi) is 11.1. The first-order valence-electron chi connectivity index (χ1n) is 14.0. The maximum atomic E-state index is 13.6. The Morgan fingerprint density at radius 3 is 2.27 bits per heavy atom. The van der Waals surface area contributed by atoms with Gasteiger partial charge in [0, 0.05) is 19.9 Å². The van der Waals surface area contributed by atoms with Crippen LogP contribution in [0, 0.1) is 5.92 Å². The summed E-state index contributed by atoms with van der Waals surface area (Å²) in [5.41, 5.74) is 1.58. The largest absolute Gasteiger partial charge is 0.508 e. The summed E-state index contributed by atoms with van der Waals surface area (Å²) < 4.78 is 5.99. The number of benzene rings is 2. The first kappa shape index (κ1) is 30.7. The lowest BCUT2D eigenvalue weighted by Crippen LogP contribution is -2.55. The number of aromatic hydroxyl groups is 1. The van der Waals surface area contributed by atoms with Crippen LogP contribution in [0.1, 0.15) is 57.6 Å². The number of amides is 3. The summed E-state index contributed by atoms with van der Waals surface area (Å²) in [6.45, 7) is 5.56. The van der Waals surface area contributed by atoms with Crippen molar-refractivity contribution in [2.45, 2.75) is 83.5 Å². The average molecular weight is 552 g/mol. The first-order chi connectivity index (χ1) is 19.1. The third kappa shape index (κ3) is 8.56. The van der Waals surface area contributed by atoms with E-state index in [1.807, 2.05) is 37.3 Å². The summed E-state index contributed by atoms with van der Waals surface area (Å²) in [6, 6.07) is 12.8. The molecule has 0 spiro atoms. The van der Waals surface area contributed by atoms with E-state index in [9.17, 15) is 24.3 Å². The summed E-state index contributed by atoms with van der Waals surface area (Å²) in [5.74, 6) is -2.00. The van der Waals surface area contributed by atoms with Crippen molar-refractivity contribution in [3.05, 3.63) is 65.7 Å². The van der Waals surface area contributed by atoms with Gasteiger partial charge in [-0.25, -0.2) is 4.79 Å². The first-order valence-corrected chi connectivity index (χ1v) is 14.0. The summed E-state index contributed by atoms with van der Waals surface area (Å²) >= 11 is 0. The number of carbonyl (C=O) groups excluding carboxylic acids is 4. The van der Waals surface area contributed by atoms with Gasteiger partial charge in [-0.05, 0) is 42.5 Å². The fraction of sp³-hybridized carbons (Fsp3) is 0.484. The number of esters is 1. The lowest BCUT2D eigenvalue weighted by molar-refractivity contribution is -0.162. The van der Waals surface area contributed by atoms with Crippen LogP contribution in [-0.4, -0.2) is 65.0 Å². The number of rotatable bonds is 8.